The van der Waals surface area contributed by atoms with Crippen molar-refractivity contribution >= 4 is 7.82 Å². The van der Waals surface area contributed by atoms with Gasteiger partial charge in [0.2, 0.25) is 0 Å². The van der Waals surface area contributed by atoms with Crippen LogP contribution >= 0.6 is 7.82 Å². The van der Waals surface area contributed by atoms with Crippen LogP contribution in [0.5, 0.6) is 0 Å². The zero-order chi connectivity index (χ0) is 15.1. The minimum atomic E-state index is -4.18. The summed E-state index contributed by atoms with van der Waals surface area (Å²) in [5, 5.41) is 0. The molecule has 0 spiro atoms. The normalized spacial score (nSPS) is 14.0. The Kier molecular flexibility index (Phi) is 5.67. The van der Waals surface area contributed by atoms with Crippen LogP contribution in [-0.4, -0.2) is 18.0 Å². The molecule has 21 heavy (non-hydrogen) atoms. The summed E-state index contributed by atoms with van der Waals surface area (Å²) in [5.41, 5.74) is 6.82. The molecule has 0 bridgehead atoms. The molecular formula is C15H18NO4P. The van der Waals surface area contributed by atoms with Gasteiger partial charge in [0.15, 0.2) is 0 Å². The number of hydrogen-bond acceptors (Lipinski definition) is 4. The van der Waals surface area contributed by atoms with Gasteiger partial charge in [0.05, 0.1) is 6.61 Å². The Balaban J connectivity index is 2.27. The van der Waals surface area contributed by atoms with Gasteiger partial charge in [-0.1, -0.05) is 60.7 Å². The average Bonchev–Trinajstić information content (AvgIpc) is 2.52. The van der Waals surface area contributed by atoms with Crippen LogP contribution in [0.4, 0.5) is 0 Å². The zero-order valence-electron chi connectivity index (χ0n) is 11.5. The molecule has 0 aliphatic heterocycles. The van der Waals surface area contributed by atoms with Crippen LogP contribution in [0.25, 0.3) is 0 Å². The van der Waals surface area contributed by atoms with E-state index in [4.69, 9.17) is 14.8 Å². The molecule has 2 aromatic carbocycles. The van der Waals surface area contributed by atoms with Gasteiger partial charge in [0.1, 0.15) is 6.10 Å². The molecule has 5 nitrogen and oxygen atoms in total. The SMILES string of the molecule is NCCOP(=O)(O)OC(c1ccccc1)c1ccccc1. The van der Waals surface area contributed by atoms with Gasteiger partial charge >= 0.3 is 7.82 Å². The molecule has 2 rings (SSSR count). The minimum Gasteiger partial charge on any atom is -0.328 e. The van der Waals surface area contributed by atoms with E-state index in [1.807, 2.05) is 60.7 Å². The lowest BCUT2D eigenvalue weighted by molar-refractivity contribution is 0.124. The molecule has 112 valence electrons. The average molecular weight is 307 g/mol. The molecule has 0 aliphatic rings. The van der Waals surface area contributed by atoms with Crippen molar-refractivity contribution in [3.05, 3.63) is 71.8 Å². The van der Waals surface area contributed by atoms with Crippen LogP contribution < -0.4 is 5.73 Å². The fraction of sp³-hybridized carbons (Fsp3) is 0.200. The summed E-state index contributed by atoms with van der Waals surface area (Å²) >= 11 is 0. The molecule has 0 fully saturated rings. The van der Waals surface area contributed by atoms with E-state index in [1.165, 1.54) is 0 Å². The number of benzene rings is 2. The van der Waals surface area contributed by atoms with Crippen LogP contribution in [-0.2, 0) is 13.6 Å². The van der Waals surface area contributed by atoms with Crippen molar-refractivity contribution in [2.45, 2.75) is 6.10 Å². The third kappa shape index (κ3) is 4.77. The quantitative estimate of drug-likeness (QED) is 0.769. The molecule has 2 aromatic rings. The van der Waals surface area contributed by atoms with Gasteiger partial charge in [-0.25, -0.2) is 4.57 Å². The maximum atomic E-state index is 12.0. The molecule has 0 heterocycles. The highest BCUT2D eigenvalue weighted by Crippen LogP contribution is 2.49. The zero-order valence-corrected chi connectivity index (χ0v) is 12.4. The van der Waals surface area contributed by atoms with Crippen molar-refractivity contribution < 1.29 is 18.5 Å². The first-order valence-corrected chi connectivity index (χ1v) is 8.07. The minimum absolute atomic E-state index is 0.0376. The third-order valence-electron chi connectivity index (χ3n) is 2.82. The molecule has 6 heteroatoms. The van der Waals surface area contributed by atoms with E-state index in [2.05, 4.69) is 0 Å². The monoisotopic (exact) mass is 307 g/mol. The van der Waals surface area contributed by atoms with E-state index in [9.17, 15) is 9.46 Å². The second-order valence-electron chi connectivity index (χ2n) is 4.40. The Morgan fingerprint density at radius 1 is 1.00 bits per heavy atom. The first-order chi connectivity index (χ1) is 10.1. The van der Waals surface area contributed by atoms with Crippen molar-refractivity contribution in [1.82, 2.24) is 0 Å². The van der Waals surface area contributed by atoms with Gasteiger partial charge in [0, 0.05) is 6.54 Å². The molecule has 0 radical (unpaired) electrons. The predicted molar refractivity (Wildman–Crippen MR) is 80.6 cm³/mol. The Morgan fingerprint density at radius 3 is 1.90 bits per heavy atom. The van der Waals surface area contributed by atoms with Gasteiger partial charge < -0.3 is 10.6 Å². The van der Waals surface area contributed by atoms with Crippen LogP contribution in [0, 0.1) is 0 Å². The number of rotatable bonds is 7. The van der Waals surface area contributed by atoms with Crippen molar-refractivity contribution in [1.29, 1.82) is 0 Å². The smallest absolute Gasteiger partial charge is 0.328 e. The Hall–Kier alpha value is -1.49. The molecule has 1 atom stereocenters. The van der Waals surface area contributed by atoms with Crippen molar-refractivity contribution in [2.75, 3.05) is 13.2 Å². The maximum absolute atomic E-state index is 12.0. The second-order valence-corrected chi connectivity index (χ2v) is 5.80. The molecule has 0 aliphatic carbocycles. The van der Waals surface area contributed by atoms with Gasteiger partial charge in [-0.2, -0.15) is 0 Å². The molecule has 0 saturated heterocycles. The van der Waals surface area contributed by atoms with Crippen LogP contribution in [0.3, 0.4) is 0 Å². The number of nitrogens with two attached hydrogens (primary N) is 1. The summed E-state index contributed by atoms with van der Waals surface area (Å²) in [4.78, 5) is 9.79. The second kappa shape index (κ2) is 7.50. The summed E-state index contributed by atoms with van der Waals surface area (Å²) < 4.78 is 22.1. The van der Waals surface area contributed by atoms with E-state index in [1.54, 1.807) is 0 Å². The predicted octanol–water partition coefficient (Wildman–Crippen LogP) is 2.87. The van der Waals surface area contributed by atoms with Gasteiger partial charge in [-0.3, -0.25) is 9.05 Å². The van der Waals surface area contributed by atoms with E-state index in [-0.39, 0.29) is 13.2 Å². The van der Waals surface area contributed by atoms with Gasteiger partial charge in [-0.05, 0) is 11.1 Å². The summed E-state index contributed by atoms with van der Waals surface area (Å²) in [6.45, 7) is 0.110. The first-order valence-electron chi connectivity index (χ1n) is 6.58. The highest BCUT2D eigenvalue weighted by molar-refractivity contribution is 7.47. The van der Waals surface area contributed by atoms with Crippen LogP contribution in [0.1, 0.15) is 17.2 Å². The topological polar surface area (TPSA) is 81.8 Å². The molecule has 1 unspecified atom stereocenters. The Bertz CT molecular complexity index is 552. The largest absolute Gasteiger partial charge is 0.473 e. The molecule has 0 aromatic heterocycles. The van der Waals surface area contributed by atoms with Crippen LogP contribution in [0.2, 0.25) is 0 Å². The van der Waals surface area contributed by atoms with Gasteiger partial charge in [0.25, 0.3) is 0 Å². The number of phosphoric ester groups is 1. The highest BCUT2D eigenvalue weighted by atomic mass is 31.2. The fourth-order valence-corrected chi connectivity index (χ4v) is 2.81. The van der Waals surface area contributed by atoms with Gasteiger partial charge in [-0.15, -0.1) is 0 Å². The maximum Gasteiger partial charge on any atom is 0.473 e. The standard InChI is InChI=1S/C15H18NO4P/c16-11-12-19-21(17,18)20-15(13-7-3-1-4-8-13)14-9-5-2-6-10-14/h1-10,15H,11-12,16H2,(H,17,18). The third-order valence-corrected chi connectivity index (χ3v) is 3.80. The van der Waals surface area contributed by atoms with Crippen molar-refractivity contribution in [3.8, 4) is 0 Å². The van der Waals surface area contributed by atoms with E-state index >= 15 is 0 Å². The van der Waals surface area contributed by atoms with E-state index in [0.29, 0.717) is 0 Å². The van der Waals surface area contributed by atoms with Crippen LogP contribution in [0.15, 0.2) is 60.7 Å². The number of hydrogen-bond donors (Lipinski definition) is 2. The molecule has 3 N–H and O–H groups in total. The van der Waals surface area contributed by atoms with E-state index < -0.39 is 13.9 Å². The van der Waals surface area contributed by atoms with E-state index in [0.717, 1.165) is 11.1 Å². The first kappa shape index (κ1) is 15.9. The highest BCUT2D eigenvalue weighted by Gasteiger charge is 2.28. The lowest BCUT2D eigenvalue weighted by Crippen LogP contribution is -2.10. The summed E-state index contributed by atoms with van der Waals surface area (Å²) in [6, 6.07) is 18.5. The lowest BCUT2D eigenvalue weighted by Gasteiger charge is -2.21. The number of phosphoric acid groups is 1. The Labute approximate surface area is 123 Å². The van der Waals surface area contributed by atoms with Crippen molar-refractivity contribution in [3.63, 3.8) is 0 Å². The Morgan fingerprint density at radius 2 is 1.48 bits per heavy atom. The summed E-state index contributed by atoms with van der Waals surface area (Å²) in [5.74, 6) is 0. The molecule has 0 saturated carbocycles. The lowest BCUT2D eigenvalue weighted by atomic mass is 10.0. The van der Waals surface area contributed by atoms with Crippen molar-refractivity contribution in [2.24, 2.45) is 5.73 Å². The molecular weight excluding hydrogens is 289 g/mol. The summed E-state index contributed by atoms with van der Waals surface area (Å²) in [6.07, 6.45) is -0.680. The molecule has 0 amide bonds. The summed E-state index contributed by atoms with van der Waals surface area (Å²) in [7, 11) is -4.18. The fourth-order valence-electron chi connectivity index (χ4n) is 1.90.